The second-order valence-corrected chi connectivity index (χ2v) is 4.51. The molecule has 0 aliphatic rings. The fourth-order valence-electron chi connectivity index (χ4n) is 1.71. The average Bonchev–Trinajstić information content (AvgIpc) is 2.57. The molecule has 0 atom stereocenters. The van der Waals surface area contributed by atoms with Gasteiger partial charge in [-0.05, 0) is 32.9 Å². The largest absolute Gasteiger partial charge is 0.260 e. The molecule has 17 heavy (non-hydrogen) atoms. The monoisotopic (exact) mass is 253 g/mol. The molecule has 90 valence electrons. The Morgan fingerprint density at radius 1 is 1.41 bits per heavy atom. The van der Waals surface area contributed by atoms with Gasteiger partial charge in [-0.2, -0.15) is 9.49 Å². The van der Waals surface area contributed by atoms with E-state index in [2.05, 4.69) is 10.1 Å². The van der Waals surface area contributed by atoms with Gasteiger partial charge in [-0.15, -0.1) is 0 Å². The van der Waals surface area contributed by atoms with Crippen molar-refractivity contribution in [2.45, 2.75) is 26.8 Å². The lowest BCUT2D eigenvalue weighted by atomic mass is 10.2. The van der Waals surface area contributed by atoms with Crippen LogP contribution >= 0.6 is 11.6 Å². The van der Waals surface area contributed by atoms with Gasteiger partial charge in [0.25, 0.3) is 0 Å². The molecule has 2 rings (SSSR count). The summed E-state index contributed by atoms with van der Waals surface area (Å²) < 4.78 is 15.4. The summed E-state index contributed by atoms with van der Waals surface area (Å²) in [5.41, 5.74) is 1.66. The van der Waals surface area contributed by atoms with Gasteiger partial charge in [0.2, 0.25) is 5.95 Å². The van der Waals surface area contributed by atoms with Crippen molar-refractivity contribution < 1.29 is 4.39 Å². The van der Waals surface area contributed by atoms with Crippen LogP contribution in [0.5, 0.6) is 0 Å². The molecule has 0 spiro atoms. The van der Waals surface area contributed by atoms with E-state index in [1.54, 1.807) is 23.7 Å². The first kappa shape index (κ1) is 12.0. The van der Waals surface area contributed by atoms with Gasteiger partial charge in [0, 0.05) is 12.2 Å². The zero-order valence-electron chi connectivity index (χ0n) is 9.91. The lowest BCUT2D eigenvalue weighted by Gasteiger charge is -2.11. The molecule has 0 N–H and O–H groups in total. The Morgan fingerprint density at radius 2 is 2.12 bits per heavy atom. The Bertz CT molecular complexity index is 549. The highest BCUT2D eigenvalue weighted by molar-refractivity contribution is 6.33. The van der Waals surface area contributed by atoms with E-state index in [0.29, 0.717) is 22.0 Å². The van der Waals surface area contributed by atoms with E-state index < -0.39 is 5.95 Å². The van der Waals surface area contributed by atoms with Crippen molar-refractivity contribution >= 4 is 11.6 Å². The fourth-order valence-corrected chi connectivity index (χ4v) is 1.93. The lowest BCUT2D eigenvalue weighted by Crippen LogP contribution is -2.06. The maximum atomic E-state index is 13.7. The van der Waals surface area contributed by atoms with Gasteiger partial charge in [0.05, 0.1) is 22.0 Å². The summed E-state index contributed by atoms with van der Waals surface area (Å²) in [6, 6.07) is 3.45. The highest BCUT2D eigenvalue weighted by Crippen LogP contribution is 2.33. The van der Waals surface area contributed by atoms with Crippen LogP contribution in [-0.4, -0.2) is 14.8 Å². The minimum Gasteiger partial charge on any atom is -0.260 e. The molecule has 0 aliphatic carbocycles. The molecule has 0 bridgehead atoms. The maximum Gasteiger partial charge on any atom is 0.222 e. The third-order valence-corrected chi connectivity index (χ3v) is 2.97. The molecule has 0 unspecified atom stereocenters. The molecule has 2 aromatic heterocycles. The van der Waals surface area contributed by atoms with Gasteiger partial charge in [-0.25, -0.2) is 4.98 Å². The van der Waals surface area contributed by atoms with Crippen LogP contribution in [0.4, 0.5) is 4.39 Å². The van der Waals surface area contributed by atoms with E-state index in [4.69, 9.17) is 11.6 Å². The standard InChI is InChI=1S/C12H13ClFN3/c1-7(2)17-11(10(13)8(3)16-17)9-5-4-6-15-12(9)14/h4-7H,1-3H3. The third-order valence-electron chi connectivity index (χ3n) is 2.52. The summed E-state index contributed by atoms with van der Waals surface area (Å²) >= 11 is 6.19. The van der Waals surface area contributed by atoms with Crippen molar-refractivity contribution in [3.05, 3.63) is 35.0 Å². The van der Waals surface area contributed by atoms with E-state index in [-0.39, 0.29) is 6.04 Å². The molecule has 5 heteroatoms. The van der Waals surface area contributed by atoms with Crippen molar-refractivity contribution in [1.82, 2.24) is 14.8 Å². The minimum absolute atomic E-state index is 0.107. The number of aryl methyl sites for hydroxylation is 1. The van der Waals surface area contributed by atoms with Crippen molar-refractivity contribution in [2.24, 2.45) is 0 Å². The van der Waals surface area contributed by atoms with Crippen molar-refractivity contribution in [1.29, 1.82) is 0 Å². The number of hydrogen-bond donors (Lipinski definition) is 0. The Kier molecular flexibility index (Phi) is 3.15. The summed E-state index contributed by atoms with van der Waals surface area (Å²) in [5.74, 6) is -0.531. The second-order valence-electron chi connectivity index (χ2n) is 4.13. The summed E-state index contributed by atoms with van der Waals surface area (Å²) in [6.07, 6.45) is 1.41. The van der Waals surface area contributed by atoms with Gasteiger partial charge in [-0.1, -0.05) is 11.6 Å². The SMILES string of the molecule is Cc1nn(C(C)C)c(-c2cccnc2F)c1Cl. The van der Waals surface area contributed by atoms with Crippen molar-refractivity contribution in [3.8, 4) is 11.3 Å². The molecule has 0 radical (unpaired) electrons. The topological polar surface area (TPSA) is 30.7 Å². The lowest BCUT2D eigenvalue weighted by molar-refractivity contribution is 0.529. The Balaban J connectivity index is 2.70. The van der Waals surface area contributed by atoms with Crippen LogP contribution in [0.25, 0.3) is 11.3 Å². The molecule has 2 aromatic rings. The number of halogens is 2. The predicted molar refractivity (Wildman–Crippen MR) is 65.5 cm³/mol. The molecule has 0 aromatic carbocycles. The van der Waals surface area contributed by atoms with E-state index in [9.17, 15) is 4.39 Å². The van der Waals surface area contributed by atoms with E-state index in [0.717, 1.165) is 0 Å². The molecule has 0 fully saturated rings. The molecular weight excluding hydrogens is 241 g/mol. The number of hydrogen-bond acceptors (Lipinski definition) is 2. The summed E-state index contributed by atoms with van der Waals surface area (Å²) in [6.45, 7) is 5.75. The molecule has 0 saturated heterocycles. The normalized spacial score (nSPS) is 11.2. The minimum atomic E-state index is -0.531. The Morgan fingerprint density at radius 3 is 2.71 bits per heavy atom. The van der Waals surface area contributed by atoms with Gasteiger partial charge in [0.15, 0.2) is 0 Å². The highest BCUT2D eigenvalue weighted by Gasteiger charge is 2.20. The van der Waals surface area contributed by atoms with Crippen LogP contribution in [0.3, 0.4) is 0 Å². The van der Waals surface area contributed by atoms with Gasteiger partial charge in [-0.3, -0.25) is 4.68 Å². The Hall–Kier alpha value is -1.42. The van der Waals surface area contributed by atoms with Crippen molar-refractivity contribution in [3.63, 3.8) is 0 Å². The van der Waals surface area contributed by atoms with Crippen molar-refractivity contribution in [2.75, 3.05) is 0 Å². The van der Waals surface area contributed by atoms with E-state index in [1.807, 2.05) is 13.8 Å². The van der Waals surface area contributed by atoms with Gasteiger partial charge >= 0.3 is 0 Å². The maximum absolute atomic E-state index is 13.7. The van der Waals surface area contributed by atoms with Crippen LogP contribution in [-0.2, 0) is 0 Å². The second kappa shape index (κ2) is 4.45. The first-order valence-electron chi connectivity index (χ1n) is 5.38. The highest BCUT2D eigenvalue weighted by atomic mass is 35.5. The first-order valence-corrected chi connectivity index (χ1v) is 5.75. The van der Waals surface area contributed by atoms with Gasteiger partial charge < -0.3 is 0 Å². The molecule has 2 heterocycles. The fraction of sp³-hybridized carbons (Fsp3) is 0.333. The number of aromatic nitrogens is 3. The molecule has 3 nitrogen and oxygen atoms in total. The zero-order valence-corrected chi connectivity index (χ0v) is 10.7. The first-order chi connectivity index (χ1) is 8.02. The summed E-state index contributed by atoms with van der Waals surface area (Å²) in [5, 5.41) is 4.79. The van der Waals surface area contributed by atoms with E-state index >= 15 is 0 Å². The third kappa shape index (κ3) is 2.05. The number of nitrogens with zero attached hydrogens (tertiary/aromatic N) is 3. The van der Waals surface area contributed by atoms with Crippen LogP contribution in [0.1, 0.15) is 25.6 Å². The smallest absolute Gasteiger partial charge is 0.222 e. The predicted octanol–water partition coefficient (Wildman–Crippen LogP) is 3.63. The van der Waals surface area contributed by atoms with Crippen LogP contribution in [0.2, 0.25) is 5.02 Å². The Labute approximate surface area is 104 Å². The molecular formula is C12H13ClFN3. The van der Waals surface area contributed by atoms with Crippen LogP contribution < -0.4 is 0 Å². The number of pyridine rings is 1. The number of rotatable bonds is 2. The van der Waals surface area contributed by atoms with E-state index in [1.165, 1.54) is 6.20 Å². The summed E-state index contributed by atoms with van der Waals surface area (Å²) in [7, 11) is 0. The van der Waals surface area contributed by atoms with Crippen LogP contribution in [0, 0.1) is 12.9 Å². The quantitative estimate of drug-likeness (QED) is 0.766. The average molecular weight is 254 g/mol. The molecule has 0 aliphatic heterocycles. The molecule has 0 amide bonds. The zero-order chi connectivity index (χ0) is 12.6. The molecule has 0 saturated carbocycles. The van der Waals surface area contributed by atoms with Gasteiger partial charge in [0.1, 0.15) is 0 Å². The van der Waals surface area contributed by atoms with Crippen LogP contribution in [0.15, 0.2) is 18.3 Å². The summed E-state index contributed by atoms with van der Waals surface area (Å²) in [4.78, 5) is 3.64.